The predicted octanol–water partition coefficient (Wildman–Crippen LogP) is 4.19. The Labute approximate surface area is 181 Å². The molecular formula is C19H16BrClN2O5S. The van der Waals surface area contributed by atoms with Gasteiger partial charge in [-0.3, -0.25) is 4.79 Å². The van der Waals surface area contributed by atoms with Gasteiger partial charge in [0.2, 0.25) is 10.0 Å². The summed E-state index contributed by atoms with van der Waals surface area (Å²) in [5, 5.41) is 3.14. The van der Waals surface area contributed by atoms with Gasteiger partial charge in [-0.05, 0) is 64.5 Å². The Kier molecular flexibility index (Phi) is 6.96. The standard InChI is InChI=1S/C19H16BrClN2O5S/c20-17-9-13(21)6-7-18(17)28-12-19(24)23-14-3-1-5-16(10-14)29(25,26)22-11-15-4-2-8-27-15/h1-10,22H,11-12H2,(H,23,24). The van der Waals surface area contributed by atoms with E-state index >= 15 is 0 Å². The van der Waals surface area contributed by atoms with Crippen LogP contribution in [0.5, 0.6) is 5.75 Å². The average molecular weight is 500 g/mol. The van der Waals surface area contributed by atoms with E-state index in [1.807, 2.05) is 0 Å². The SMILES string of the molecule is O=C(COc1ccc(Cl)cc1Br)Nc1cccc(S(=O)(=O)NCc2ccco2)c1. The Morgan fingerprint density at radius 3 is 2.69 bits per heavy atom. The van der Waals surface area contributed by atoms with Crippen LogP contribution in [0.2, 0.25) is 5.02 Å². The highest BCUT2D eigenvalue weighted by Crippen LogP contribution is 2.28. The second-order valence-electron chi connectivity index (χ2n) is 5.84. The maximum Gasteiger partial charge on any atom is 0.262 e. The van der Waals surface area contributed by atoms with Gasteiger partial charge in [-0.25, -0.2) is 13.1 Å². The number of carbonyl (C=O) groups is 1. The minimum atomic E-state index is -3.77. The van der Waals surface area contributed by atoms with Crippen molar-refractivity contribution in [2.75, 3.05) is 11.9 Å². The summed E-state index contributed by atoms with van der Waals surface area (Å²) >= 11 is 9.17. The molecule has 0 aliphatic rings. The van der Waals surface area contributed by atoms with E-state index in [0.29, 0.717) is 26.7 Å². The average Bonchev–Trinajstić information content (AvgIpc) is 3.20. The molecule has 29 heavy (non-hydrogen) atoms. The van der Waals surface area contributed by atoms with Gasteiger partial charge in [0.15, 0.2) is 6.61 Å². The summed E-state index contributed by atoms with van der Waals surface area (Å²) in [6.45, 7) is -0.232. The summed E-state index contributed by atoms with van der Waals surface area (Å²) in [7, 11) is -3.77. The molecule has 0 aliphatic heterocycles. The maximum absolute atomic E-state index is 12.4. The molecule has 2 N–H and O–H groups in total. The summed E-state index contributed by atoms with van der Waals surface area (Å²) in [4.78, 5) is 12.2. The third kappa shape index (κ3) is 6.07. The van der Waals surface area contributed by atoms with Gasteiger partial charge in [-0.2, -0.15) is 0 Å². The second-order valence-corrected chi connectivity index (χ2v) is 8.90. The zero-order valence-corrected chi connectivity index (χ0v) is 18.1. The molecule has 10 heteroatoms. The Balaban J connectivity index is 1.60. The van der Waals surface area contributed by atoms with Crippen LogP contribution in [0.25, 0.3) is 0 Å². The number of hydrogen-bond acceptors (Lipinski definition) is 5. The van der Waals surface area contributed by atoms with Gasteiger partial charge < -0.3 is 14.5 Å². The van der Waals surface area contributed by atoms with Crippen LogP contribution in [-0.4, -0.2) is 20.9 Å². The molecule has 2 aromatic carbocycles. The number of anilines is 1. The summed E-state index contributed by atoms with van der Waals surface area (Å²) in [6, 6.07) is 14.2. The van der Waals surface area contributed by atoms with Gasteiger partial charge in [0.25, 0.3) is 5.91 Å². The molecule has 0 saturated heterocycles. The minimum absolute atomic E-state index is 0.0169. The first-order valence-corrected chi connectivity index (χ1v) is 11.0. The smallest absolute Gasteiger partial charge is 0.262 e. The topological polar surface area (TPSA) is 97.6 Å². The number of amides is 1. The van der Waals surface area contributed by atoms with Crippen LogP contribution in [0.4, 0.5) is 5.69 Å². The first kappa shape index (κ1) is 21.4. The number of sulfonamides is 1. The molecule has 0 radical (unpaired) electrons. The van der Waals surface area contributed by atoms with E-state index in [1.54, 1.807) is 36.4 Å². The summed E-state index contributed by atoms with van der Waals surface area (Å²) in [5.74, 6) is 0.511. The van der Waals surface area contributed by atoms with Crippen molar-refractivity contribution in [3.05, 3.63) is 76.1 Å². The molecule has 152 valence electrons. The highest BCUT2D eigenvalue weighted by molar-refractivity contribution is 9.10. The van der Waals surface area contributed by atoms with Crippen LogP contribution < -0.4 is 14.8 Å². The second kappa shape index (κ2) is 9.45. The van der Waals surface area contributed by atoms with E-state index in [4.69, 9.17) is 20.8 Å². The first-order valence-electron chi connectivity index (χ1n) is 8.33. The molecule has 1 aromatic heterocycles. The third-order valence-electron chi connectivity index (χ3n) is 3.70. The highest BCUT2D eigenvalue weighted by Gasteiger charge is 2.15. The van der Waals surface area contributed by atoms with Crippen molar-refractivity contribution in [1.82, 2.24) is 4.72 Å². The van der Waals surface area contributed by atoms with Crippen LogP contribution in [-0.2, 0) is 21.4 Å². The van der Waals surface area contributed by atoms with Crippen LogP contribution in [0.15, 0.2) is 74.6 Å². The van der Waals surface area contributed by atoms with Gasteiger partial charge >= 0.3 is 0 Å². The Bertz CT molecular complexity index is 1100. The normalized spacial score (nSPS) is 11.2. The first-order chi connectivity index (χ1) is 13.8. The lowest BCUT2D eigenvalue weighted by Gasteiger charge is -2.10. The fourth-order valence-electron chi connectivity index (χ4n) is 2.34. The molecule has 0 unspecified atom stereocenters. The molecule has 3 rings (SSSR count). The summed E-state index contributed by atoms with van der Waals surface area (Å²) in [6.07, 6.45) is 1.46. The largest absolute Gasteiger partial charge is 0.483 e. The molecule has 0 aliphatic carbocycles. The zero-order chi connectivity index (χ0) is 20.9. The monoisotopic (exact) mass is 498 g/mol. The van der Waals surface area contributed by atoms with E-state index in [9.17, 15) is 13.2 Å². The molecular weight excluding hydrogens is 484 g/mol. The van der Waals surface area contributed by atoms with Gasteiger partial charge in [-0.1, -0.05) is 17.7 Å². The van der Waals surface area contributed by atoms with E-state index in [2.05, 4.69) is 26.0 Å². The highest BCUT2D eigenvalue weighted by atomic mass is 79.9. The lowest BCUT2D eigenvalue weighted by atomic mass is 10.3. The Morgan fingerprint density at radius 1 is 1.14 bits per heavy atom. The number of rotatable bonds is 8. The molecule has 0 bridgehead atoms. The van der Waals surface area contributed by atoms with Gasteiger partial charge in [0.05, 0.1) is 22.2 Å². The van der Waals surface area contributed by atoms with Crippen molar-refractivity contribution in [1.29, 1.82) is 0 Å². The fourth-order valence-corrected chi connectivity index (χ4v) is 4.17. The van der Waals surface area contributed by atoms with Crippen molar-refractivity contribution in [2.45, 2.75) is 11.4 Å². The number of hydrogen-bond donors (Lipinski definition) is 2. The van der Waals surface area contributed by atoms with Crippen molar-refractivity contribution in [3.8, 4) is 5.75 Å². The molecule has 0 spiro atoms. The van der Waals surface area contributed by atoms with Crippen molar-refractivity contribution >= 4 is 49.1 Å². The Morgan fingerprint density at radius 2 is 1.97 bits per heavy atom. The number of ether oxygens (including phenoxy) is 1. The van der Waals surface area contributed by atoms with Crippen molar-refractivity contribution in [3.63, 3.8) is 0 Å². The number of benzene rings is 2. The van der Waals surface area contributed by atoms with E-state index in [-0.39, 0.29) is 18.0 Å². The molecule has 0 atom stereocenters. The number of carbonyl (C=O) groups excluding carboxylic acids is 1. The molecule has 7 nitrogen and oxygen atoms in total. The van der Waals surface area contributed by atoms with Gasteiger partial charge in [0.1, 0.15) is 11.5 Å². The van der Waals surface area contributed by atoms with Gasteiger partial charge in [0, 0.05) is 10.7 Å². The number of halogens is 2. The van der Waals surface area contributed by atoms with E-state index in [1.165, 1.54) is 24.5 Å². The molecule has 0 fully saturated rings. The number of nitrogens with one attached hydrogen (secondary N) is 2. The maximum atomic E-state index is 12.4. The lowest BCUT2D eigenvalue weighted by Crippen LogP contribution is -2.24. The zero-order valence-electron chi connectivity index (χ0n) is 14.9. The van der Waals surface area contributed by atoms with Crippen molar-refractivity contribution < 1.29 is 22.4 Å². The van der Waals surface area contributed by atoms with Crippen LogP contribution >= 0.6 is 27.5 Å². The molecule has 1 amide bonds. The third-order valence-corrected chi connectivity index (χ3v) is 5.95. The molecule has 3 aromatic rings. The predicted molar refractivity (Wildman–Crippen MR) is 112 cm³/mol. The van der Waals surface area contributed by atoms with E-state index in [0.717, 1.165) is 0 Å². The minimum Gasteiger partial charge on any atom is -0.483 e. The van der Waals surface area contributed by atoms with Crippen molar-refractivity contribution in [2.24, 2.45) is 0 Å². The van der Waals surface area contributed by atoms with Crippen LogP contribution in [0.3, 0.4) is 0 Å². The number of furan rings is 1. The van der Waals surface area contributed by atoms with Crippen LogP contribution in [0.1, 0.15) is 5.76 Å². The van der Waals surface area contributed by atoms with Crippen LogP contribution in [0, 0.1) is 0 Å². The summed E-state index contributed by atoms with van der Waals surface area (Å²) < 4.78 is 38.5. The van der Waals surface area contributed by atoms with Gasteiger partial charge in [-0.15, -0.1) is 0 Å². The molecule has 1 heterocycles. The fraction of sp³-hybridized carbons (Fsp3) is 0.105. The lowest BCUT2D eigenvalue weighted by molar-refractivity contribution is -0.118. The Hall–Kier alpha value is -2.33. The quantitative estimate of drug-likeness (QED) is 0.484. The summed E-state index contributed by atoms with van der Waals surface area (Å²) in [5.41, 5.74) is 0.328. The molecule has 0 saturated carbocycles. The van der Waals surface area contributed by atoms with E-state index < -0.39 is 15.9 Å².